The fourth-order valence-electron chi connectivity index (χ4n) is 3.10. The zero-order valence-corrected chi connectivity index (χ0v) is 18.6. The number of unbranched alkanes of at least 4 members (excludes halogenated alkanes) is 1. The highest BCUT2D eigenvalue weighted by atomic mass is 16.5. The van der Waals surface area contributed by atoms with Crippen molar-refractivity contribution >= 4 is 17.6 Å². The molecule has 3 aromatic rings. The summed E-state index contributed by atoms with van der Waals surface area (Å²) in [5.41, 5.74) is 3.37. The van der Waals surface area contributed by atoms with Gasteiger partial charge in [0.25, 0.3) is 5.91 Å². The quantitative estimate of drug-likeness (QED) is 0.308. The van der Waals surface area contributed by atoms with Crippen LogP contribution in [-0.2, 0) is 17.8 Å². The molecule has 0 aliphatic heterocycles. The number of aryl methyl sites for hydroxylation is 1. The Morgan fingerprint density at radius 3 is 2.22 bits per heavy atom. The first-order valence-corrected chi connectivity index (χ1v) is 11.0. The van der Waals surface area contributed by atoms with Gasteiger partial charge < -0.3 is 14.8 Å². The number of benzene rings is 3. The van der Waals surface area contributed by atoms with Gasteiger partial charge in [-0.1, -0.05) is 56.7 Å². The molecule has 0 saturated carbocycles. The van der Waals surface area contributed by atoms with Gasteiger partial charge in [0, 0.05) is 12.0 Å². The number of hydrogen-bond acceptors (Lipinski definition) is 4. The molecule has 0 unspecified atom stereocenters. The average Bonchev–Trinajstić information content (AvgIpc) is 2.83. The minimum atomic E-state index is -0.358. The van der Waals surface area contributed by atoms with Crippen LogP contribution < -0.4 is 14.8 Å². The zero-order chi connectivity index (χ0) is 22.8. The second-order valence-electron chi connectivity index (χ2n) is 7.51. The molecule has 0 heterocycles. The van der Waals surface area contributed by atoms with Gasteiger partial charge in [-0.15, -0.1) is 0 Å². The van der Waals surface area contributed by atoms with E-state index in [1.807, 2.05) is 0 Å². The summed E-state index contributed by atoms with van der Waals surface area (Å²) in [7, 11) is 0. The lowest BCUT2D eigenvalue weighted by molar-refractivity contribution is -0.133. The van der Waals surface area contributed by atoms with Crippen molar-refractivity contribution in [2.24, 2.45) is 0 Å². The third-order valence-corrected chi connectivity index (χ3v) is 5.01. The molecule has 166 valence electrons. The van der Waals surface area contributed by atoms with Gasteiger partial charge >= 0.3 is 5.97 Å². The number of ether oxygens (including phenoxy) is 2. The van der Waals surface area contributed by atoms with Crippen LogP contribution in [0.3, 0.4) is 0 Å². The van der Waals surface area contributed by atoms with E-state index in [-0.39, 0.29) is 18.3 Å². The molecule has 0 aliphatic rings. The van der Waals surface area contributed by atoms with Gasteiger partial charge in [0.05, 0.1) is 5.69 Å². The predicted molar refractivity (Wildman–Crippen MR) is 126 cm³/mol. The van der Waals surface area contributed by atoms with Gasteiger partial charge in [0.1, 0.15) is 12.4 Å². The summed E-state index contributed by atoms with van der Waals surface area (Å²) >= 11 is 0. The molecule has 0 saturated heterocycles. The molecule has 3 aromatic carbocycles. The Morgan fingerprint density at radius 2 is 1.53 bits per heavy atom. The number of anilines is 1. The third-order valence-electron chi connectivity index (χ3n) is 5.01. The number of esters is 1. The van der Waals surface area contributed by atoms with E-state index in [2.05, 4.69) is 36.5 Å². The topological polar surface area (TPSA) is 64.6 Å². The van der Waals surface area contributed by atoms with E-state index in [1.54, 1.807) is 55.5 Å². The Hall–Kier alpha value is -3.60. The van der Waals surface area contributed by atoms with E-state index in [9.17, 15) is 9.59 Å². The van der Waals surface area contributed by atoms with Crippen molar-refractivity contribution in [2.75, 3.05) is 5.32 Å². The minimum Gasteiger partial charge on any atom is -0.489 e. The molecule has 0 aliphatic carbocycles. The predicted octanol–water partition coefficient (Wildman–Crippen LogP) is 6.18. The van der Waals surface area contributed by atoms with Crippen LogP contribution in [-0.4, -0.2) is 11.9 Å². The fraction of sp³-hybridized carbons (Fsp3) is 0.259. The molecule has 5 heteroatoms. The van der Waals surface area contributed by atoms with E-state index in [4.69, 9.17) is 9.47 Å². The fourth-order valence-corrected chi connectivity index (χ4v) is 3.10. The average molecular weight is 432 g/mol. The van der Waals surface area contributed by atoms with Gasteiger partial charge in [0.2, 0.25) is 0 Å². The summed E-state index contributed by atoms with van der Waals surface area (Å²) < 4.78 is 11.1. The SMILES string of the molecule is CCCCc1ccc(COc2ccc(C(=O)Nc3ccccc3OC(=O)CC)cc2)cc1. The Balaban J connectivity index is 1.56. The Kier molecular flexibility index (Phi) is 8.44. The van der Waals surface area contributed by atoms with E-state index in [1.165, 1.54) is 18.4 Å². The van der Waals surface area contributed by atoms with Gasteiger partial charge in [-0.2, -0.15) is 0 Å². The van der Waals surface area contributed by atoms with E-state index in [0.29, 0.717) is 29.4 Å². The van der Waals surface area contributed by atoms with E-state index >= 15 is 0 Å². The van der Waals surface area contributed by atoms with E-state index < -0.39 is 0 Å². The summed E-state index contributed by atoms with van der Waals surface area (Å²) in [5, 5.41) is 2.80. The second-order valence-corrected chi connectivity index (χ2v) is 7.51. The third kappa shape index (κ3) is 6.71. The highest BCUT2D eigenvalue weighted by molar-refractivity contribution is 6.05. The summed E-state index contributed by atoms with van der Waals surface area (Å²) in [4.78, 5) is 24.2. The molecule has 1 N–H and O–H groups in total. The van der Waals surface area contributed by atoms with Crippen LogP contribution in [0.25, 0.3) is 0 Å². The van der Waals surface area contributed by atoms with Crippen LogP contribution in [0.1, 0.15) is 54.6 Å². The molecule has 0 aromatic heterocycles. The minimum absolute atomic E-state index is 0.257. The van der Waals surface area contributed by atoms with Crippen LogP contribution in [0.15, 0.2) is 72.8 Å². The molecule has 32 heavy (non-hydrogen) atoms. The molecule has 0 atom stereocenters. The summed E-state index contributed by atoms with van der Waals surface area (Å²) in [5.74, 6) is 0.366. The Labute approximate surface area is 189 Å². The maximum Gasteiger partial charge on any atom is 0.310 e. The van der Waals surface area contributed by atoms with Crippen molar-refractivity contribution in [2.45, 2.75) is 46.1 Å². The molecule has 1 amide bonds. The lowest BCUT2D eigenvalue weighted by Gasteiger charge is -2.11. The largest absolute Gasteiger partial charge is 0.489 e. The number of nitrogens with one attached hydrogen (secondary N) is 1. The number of carbonyl (C=O) groups is 2. The maximum atomic E-state index is 12.6. The summed E-state index contributed by atoms with van der Waals surface area (Å²) in [6.07, 6.45) is 3.75. The molecule has 0 bridgehead atoms. The first kappa shape index (κ1) is 23.1. The van der Waals surface area contributed by atoms with Crippen molar-refractivity contribution in [3.63, 3.8) is 0 Å². The number of amides is 1. The molecule has 0 spiro atoms. The standard InChI is InChI=1S/C27H29NO4/c1-3-5-8-20-11-13-21(14-12-20)19-31-23-17-15-22(16-18-23)27(30)28-24-9-6-7-10-25(24)32-26(29)4-2/h6-7,9-18H,3-5,8,19H2,1-2H3,(H,28,30). The number of para-hydroxylation sites is 2. The van der Waals surface area contributed by atoms with Crippen LogP contribution in [0.5, 0.6) is 11.5 Å². The molecule has 0 fully saturated rings. The van der Waals surface area contributed by atoms with Gasteiger partial charge in [0.15, 0.2) is 5.75 Å². The van der Waals surface area contributed by atoms with Crippen molar-refractivity contribution in [1.29, 1.82) is 0 Å². The first-order chi connectivity index (χ1) is 15.6. The second kappa shape index (κ2) is 11.7. The van der Waals surface area contributed by atoms with Crippen LogP contribution in [0, 0.1) is 0 Å². The van der Waals surface area contributed by atoms with Crippen molar-refractivity contribution in [3.05, 3.63) is 89.5 Å². The van der Waals surface area contributed by atoms with Crippen molar-refractivity contribution < 1.29 is 19.1 Å². The van der Waals surface area contributed by atoms with Crippen LogP contribution >= 0.6 is 0 Å². The van der Waals surface area contributed by atoms with Gasteiger partial charge in [-0.3, -0.25) is 9.59 Å². The van der Waals surface area contributed by atoms with Crippen molar-refractivity contribution in [3.8, 4) is 11.5 Å². The lowest BCUT2D eigenvalue weighted by Crippen LogP contribution is -2.14. The van der Waals surface area contributed by atoms with Crippen molar-refractivity contribution in [1.82, 2.24) is 0 Å². The highest BCUT2D eigenvalue weighted by Crippen LogP contribution is 2.25. The van der Waals surface area contributed by atoms with Gasteiger partial charge in [-0.05, 0) is 60.4 Å². The normalized spacial score (nSPS) is 10.4. The van der Waals surface area contributed by atoms with Crippen LogP contribution in [0.2, 0.25) is 0 Å². The first-order valence-electron chi connectivity index (χ1n) is 11.0. The lowest BCUT2D eigenvalue weighted by atomic mass is 10.1. The summed E-state index contributed by atoms with van der Waals surface area (Å²) in [6, 6.07) is 22.3. The number of rotatable bonds is 10. The Bertz CT molecular complexity index is 1030. The molecule has 0 radical (unpaired) electrons. The molecule has 3 rings (SSSR count). The molecular formula is C27H29NO4. The Morgan fingerprint density at radius 1 is 0.844 bits per heavy atom. The highest BCUT2D eigenvalue weighted by Gasteiger charge is 2.12. The monoisotopic (exact) mass is 431 g/mol. The number of hydrogen-bond donors (Lipinski definition) is 1. The molecular weight excluding hydrogens is 402 g/mol. The van der Waals surface area contributed by atoms with Crippen LogP contribution in [0.4, 0.5) is 5.69 Å². The smallest absolute Gasteiger partial charge is 0.310 e. The number of carbonyl (C=O) groups excluding carboxylic acids is 2. The maximum absolute atomic E-state index is 12.6. The van der Waals surface area contributed by atoms with Gasteiger partial charge in [-0.25, -0.2) is 0 Å². The zero-order valence-electron chi connectivity index (χ0n) is 18.6. The molecule has 5 nitrogen and oxygen atoms in total. The van der Waals surface area contributed by atoms with E-state index in [0.717, 1.165) is 12.0 Å². The summed E-state index contributed by atoms with van der Waals surface area (Å²) in [6.45, 7) is 4.38.